The molecule has 1 aliphatic heterocycles. The van der Waals surface area contributed by atoms with E-state index in [0.717, 1.165) is 7.40 Å². The Balaban J connectivity index is 2.28. The van der Waals surface area contributed by atoms with Gasteiger partial charge in [0.1, 0.15) is 7.40 Å². The van der Waals surface area contributed by atoms with Gasteiger partial charge in [-0.05, 0) is 70.2 Å². The van der Waals surface area contributed by atoms with Crippen LogP contribution in [0.25, 0.3) is 0 Å². The van der Waals surface area contributed by atoms with E-state index in [1.165, 1.54) is 31.6 Å². The number of halogens is 2. The molecule has 2 nitrogen and oxygen atoms in total. The highest BCUT2D eigenvalue weighted by atomic mass is 127. The zero-order chi connectivity index (χ0) is 9.26. The molecule has 0 bridgehead atoms. The van der Waals surface area contributed by atoms with Crippen molar-refractivity contribution in [1.29, 1.82) is 0 Å². The van der Waals surface area contributed by atoms with Crippen LogP contribution >= 0.6 is 45.2 Å². The minimum atomic E-state index is 1.09. The SMILES string of the molecule is Ic1cc(N2CCCC2)cc(I)n1. The first kappa shape index (κ1) is 9.95. The molecule has 70 valence electrons. The van der Waals surface area contributed by atoms with Crippen LogP contribution in [-0.2, 0) is 0 Å². The summed E-state index contributed by atoms with van der Waals surface area (Å²) in [4.78, 5) is 6.79. The van der Waals surface area contributed by atoms with Crippen molar-refractivity contribution in [2.75, 3.05) is 18.0 Å². The van der Waals surface area contributed by atoms with E-state index in [9.17, 15) is 0 Å². The fourth-order valence-electron chi connectivity index (χ4n) is 1.61. The average molecular weight is 400 g/mol. The molecule has 0 N–H and O–H groups in total. The summed E-state index contributed by atoms with van der Waals surface area (Å²) in [5.41, 5.74) is 1.33. The van der Waals surface area contributed by atoms with E-state index in [0.29, 0.717) is 0 Å². The quantitative estimate of drug-likeness (QED) is 0.533. The van der Waals surface area contributed by atoms with Gasteiger partial charge in [-0.1, -0.05) is 0 Å². The lowest BCUT2D eigenvalue weighted by molar-refractivity contribution is 0.949. The van der Waals surface area contributed by atoms with E-state index >= 15 is 0 Å². The summed E-state index contributed by atoms with van der Waals surface area (Å²) in [5.74, 6) is 0. The molecule has 0 aliphatic carbocycles. The van der Waals surface area contributed by atoms with Crippen LogP contribution in [0.3, 0.4) is 0 Å². The van der Waals surface area contributed by atoms with E-state index in [2.05, 4.69) is 67.2 Å². The second kappa shape index (κ2) is 4.29. The minimum absolute atomic E-state index is 1.09. The molecule has 0 unspecified atom stereocenters. The number of anilines is 1. The summed E-state index contributed by atoms with van der Waals surface area (Å²) in [6, 6.07) is 4.32. The Morgan fingerprint density at radius 2 is 1.62 bits per heavy atom. The van der Waals surface area contributed by atoms with E-state index in [1.54, 1.807) is 0 Å². The Labute approximate surface area is 105 Å². The minimum Gasteiger partial charge on any atom is -0.371 e. The molecule has 2 rings (SSSR count). The Kier molecular flexibility index (Phi) is 3.28. The Bertz CT molecular complexity index is 288. The first-order valence-electron chi connectivity index (χ1n) is 4.34. The van der Waals surface area contributed by atoms with Crippen LogP contribution in [0.1, 0.15) is 12.8 Å². The lowest BCUT2D eigenvalue weighted by atomic mass is 10.4. The summed E-state index contributed by atoms with van der Waals surface area (Å²) < 4.78 is 2.18. The molecule has 0 amide bonds. The second-order valence-electron chi connectivity index (χ2n) is 3.16. The summed E-state index contributed by atoms with van der Waals surface area (Å²) in [6.07, 6.45) is 2.66. The zero-order valence-electron chi connectivity index (χ0n) is 7.13. The van der Waals surface area contributed by atoms with Gasteiger partial charge in [0, 0.05) is 18.8 Å². The summed E-state index contributed by atoms with van der Waals surface area (Å²) in [7, 11) is 0. The van der Waals surface area contributed by atoms with Crippen molar-refractivity contribution in [1.82, 2.24) is 4.98 Å². The average Bonchev–Trinajstić information content (AvgIpc) is 2.53. The third kappa shape index (κ3) is 2.45. The van der Waals surface area contributed by atoms with Crippen molar-refractivity contribution in [2.24, 2.45) is 0 Å². The topological polar surface area (TPSA) is 16.1 Å². The number of rotatable bonds is 1. The predicted octanol–water partition coefficient (Wildman–Crippen LogP) is 2.89. The summed E-state index contributed by atoms with van der Waals surface area (Å²) in [6.45, 7) is 2.41. The Morgan fingerprint density at radius 3 is 2.15 bits per heavy atom. The van der Waals surface area contributed by atoms with Gasteiger partial charge in [-0.2, -0.15) is 0 Å². The van der Waals surface area contributed by atoms with E-state index in [4.69, 9.17) is 0 Å². The number of aromatic nitrogens is 1. The van der Waals surface area contributed by atoms with Gasteiger partial charge in [0.15, 0.2) is 0 Å². The lowest BCUT2D eigenvalue weighted by Gasteiger charge is -2.17. The molecule has 1 aliphatic rings. The molecule has 0 atom stereocenters. The molecule has 13 heavy (non-hydrogen) atoms. The van der Waals surface area contributed by atoms with Crippen molar-refractivity contribution in [2.45, 2.75) is 12.8 Å². The third-order valence-corrected chi connectivity index (χ3v) is 3.32. The van der Waals surface area contributed by atoms with Gasteiger partial charge in [-0.25, -0.2) is 4.98 Å². The van der Waals surface area contributed by atoms with Crippen LogP contribution < -0.4 is 4.90 Å². The van der Waals surface area contributed by atoms with E-state index in [-0.39, 0.29) is 0 Å². The third-order valence-electron chi connectivity index (χ3n) is 2.22. The van der Waals surface area contributed by atoms with Crippen LogP contribution in [-0.4, -0.2) is 18.1 Å². The van der Waals surface area contributed by atoms with Crippen molar-refractivity contribution in [3.63, 3.8) is 0 Å². The van der Waals surface area contributed by atoms with Crippen LogP contribution in [0.4, 0.5) is 5.69 Å². The number of hydrogen-bond donors (Lipinski definition) is 0. The fraction of sp³-hybridized carbons (Fsp3) is 0.444. The van der Waals surface area contributed by atoms with Gasteiger partial charge >= 0.3 is 0 Å². The summed E-state index contributed by atoms with van der Waals surface area (Å²) >= 11 is 4.55. The maximum Gasteiger partial charge on any atom is 0.104 e. The van der Waals surface area contributed by atoms with Crippen LogP contribution in [0.15, 0.2) is 12.1 Å². The molecule has 1 saturated heterocycles. The van der Waals surface area contributed by atoms with E-state index in [1.807, 2.05) is 0 Å². The van der Waals surface area contributed by atoms with Gasteiger partial charge in [0.25, 0.3) is 0 Å². The van der Waals surface area contributed by atoms with Gasteiger partial charge in [0.2, 0.25) is 0 Å². The zero-order valence-corrected chi connectivity index (χ0v) is 11.4. The van der Waals surface area contributed by atoms with Crippen LogP contribution in [0, 0.1) is 7.40 Å². The normalized spacial score (nSPS) is 16.6. The molecule has 0 spiro atoms. The molecule has 2 heterocycles. The fourth-order valence-corrected chi connectivity index (χ4v) is 3.23. The highest BCUT2D eigenvalue weighted by Crippen LogP contribution is 2.22. The predicted molar refractivity (Wildman–Crippen MR) is 71.1 cm³/mol. The second-order valence-corrected chi connectivity index (χ2v) is 5.38. The smallest absolute Gasteiger partial charge is 0.104 e. The standard InChI is InChI=1S/C9H10I2N2/c10-8-5-7(6-9(11)12-8)13-3-1-2-4-13/h5-6H,1-4H2. The van der Waals surface area contributed by atoms with E-state index < -0.39 is 0 Å². The number of nitrogens with zero attached hydrogens (tertiary/aromatic N) is 2. The van der Waals surface area contributed by atoms with Crippen molar-refractivity contribution in [3.05, 3.63) is 19.5 Å². The van der Waals surface area contributed by atoms with Crippen LogP contribution in [0.2, 0.25) is 0 Å². The van der Waals surface area contributed by atoms with Crippen molar-refractivity contribution in [3.8, 4) is 0 Å². The van der Waals surface area contributed by atoms with Crippen LogP contribution in [0.5, 0.6) is 0 Å². The Morgan fingerprint density at radius 1 is 1.08 bits per heavy atom. The molecule has 0 aromatic carbocycles. The van der Waals surface area contributed by atoms with Gasteiger partial charge in [-0.15, -0.1) is 0 Å². The number of pyridine rings is 1. The molecule has 1 aromatic heterocycles. The van der Waals surface area contributed by atoms with Crippen molar-refractivity contribution < 1.29 is 0 Å². The molecule has 4 heteroatoms. The molecule has 0 saturated carbocycles. The molecule has 0 radical (unpaired) electrons. The van der Waals surface area contributed by atoms with Gasteiger partial charge < -0.3 is 4.90 Å². The first-order chi connectivity index (χ1) is 6.25. The summed E-state index contributed by atoms with van der Waals surface area (Å²) in [5, 5.41) is 0. The van der Waals surface area contributed by atoms with Gasteiger partial charge in [-0.3, -0.25) is 0 Å². The van der Waals surface area contributed by atoms with Crippen molar-refractivity contribution >= 4 is 50.9 Å². The number of hydrogen-bond acceptors (Lipinski definition) is 2. The maximum atomic E-state index is 4.35. The molecular weight excluding hydrogens is 390 g/mol. The lowest BCUT2D eigenvalue weighted by Crippen LogP contribution is -2.18. The monoisotopic (exact) mass is 400 g/mol. The molecule has 1 fully saturated rings. The highest BCUT2D eigenvalue weighted by molar-refractivity contribution is 14.1. The molecule has 1 aromatic rings. The maximum absolute atomic E-state index is 4.35. The highest BCUT2D eigenvalue weighted by Gasteiger charge is 2.13. The Hall–Kier alpha value is 0.410. The first-order valence-corrected chi connectivity index (χ1v) is 6.49. The molecular formula is C9H10I2N2. The van der Waals surface area contributed by atoms with Gasteiger partial charge in [0.05, 0.1) is 0 Å². The largest absolute Gasteiger partial charge is 0.371 e.